The third-order valence-electron chi connectivity index (χ3n) is 2.78. The molecule has 6 nitrogen and oxygen atoms in total. The lowest BCUT2D eigenvalue weighted by molar-refractivity contribution is -0.123. The predicted molar refractivity (Wildman–Crippen MR) is 71.9 cm³/mol. The summed E-state index contributed by atoms with van der Waals surface area (Å²) in [7, 11) is 0. The molecule has 18 heavy (non-hydrogen) atoms. The quantitative estimate of drug-likeness (QED) is 0.398. The van der Waals surface area contributed by atoms with Gasteiger partial charge in [-0.1, -0.05) is 13.8 Å². The number of hydrogen-bond acceptors (Lipinski definition) is 4. The van der Waals surface area contributed by atoms with Gasteiger partial charge in [-0.2, -0.15) is 0 Å². The van der Waals surface area contributed by atoms with Gasteiger partial charge in [0.15, 0.2) is 0 Å². The van der Waals surface area contributed by atoms with Crippen LogP contribution in [0.1, 0.15) is 27.2 Å². The molecule has 0 heterocycles. The number of hydrazine groups is 1. The number of amides is 2. The molecule has 0 atom stereocenters. The summed E-state index contributed by atoms with van der Waals surface area (Å²) in [6, 6.07) is 0. The average Bonchev–Trinajstić information content (AvgIpc) is 2.40. The molecule has 106 valence electrons. The second-order valence-corrected chi connectivity index (χ2v) is 3.93. The van der Waals surface area contributed by atoms with Crippen LogP contribution in [0.15, 0.2) is 0 Å². The third-order valence-corrected chi connectivity index (χ3v) is 2.78. The lowest BCUT2D eigenvalue weighted by Crippen LogP contribution is -2.40. The number of nitrogens with zero attached hydrogens (tertiary/aromatic N) is 2. The van der Waals surface area contributed by atoms with E-state index in [2.05, 4.69) is 29.5 Å². The minimum atomic E-state index is 0.0107. The van der Waals surface area contributed by atoms with Crippen molar-refractivity contribution in [3.05, 3.63) is 0 Å². The molecular formula is C12H26N4O2. The Morgan fingerprint density at radius 3 is 2.28 bits per heavy atom. The van der Waals surface area contributed by atoms with Crippen LogP contribution in [0.2, 0.25) is 0 Å². The zero-order valence-corrected chi connectivity index (χ0v) is 11.7. The fraction of sp³-hybridized carbons (Fsp3) is 0.833. The van der Waals surface area contributed by atoms with Crippen molar-refractivity contribution in [2.75, 3.05) is 39.3 Å². The summed E-state index contributed by atoms with van der Waals surface area (Å²) in [6.07, 6.45) is 1.10. The van der Waals surface area contributed by atoms with Gasteiger partial charge in [-0.25, -0.2) is 5.43 Å². The zero-order valence-electron chi connectivity index (χ0n) is 11.7. The van der Waals surface area contributed by atoms with E-state index in [0.29, 0.717) is 26.1 Å². The van der Waals surface area contributed by atoms with Gasteiger partial charge in [0.05, 0.1) is 0 Å². The number of likely N-dealkylation sites (N-methyl/N-ethyl adjacent to an activating group) is 1. The van der Waals surface area contributed by atoms with Crippen molar-refractivity contribution in [2.24, 2.45) is 0 Å². The second kappa shape index (κ2) is 11.0. The van der Waals surface area contributed by atoms with Crippen molar-refractivity contribution in [1.82, 2.24) is 20.7 Å². The molecule has 0 aromatic carbocycles. The molecule has 0 radical (unpaired) electrons. The van der Waals surface area contributed by atoms with Crippen LogP contribution in [-0.2, 0) is 9.59 Å². The summed E-state index contributed by atoms with van der Waals surface area (Å²) in [4.78, 5) is 24.2. The molecule has 0 aliphatic rings. The van der Waals surface area contributed by atoms with E-state index < -0.39 is 0 Å². The van der Waals surface area contributed by atoms with Crippen LogP contribution >= 0.6 is 0 Å². The zero-order chi connectivity index (χ0) is 13.8. The van der Waals surface area contributed by atoms with Crippen LogP contribution < -0.4 is 10.7 Å². The first-order valence-electron chi connectivity index (χ1n) is 6.62. The Bertz CT molecular complexity index is 232. The standard InChI is InChI=1S/C12H26N4O2/c1-4-15(5-2)10-9-13-12(18)7-8-14-16(6-3)11-17/h11,14H,4-10H2,1-3H3,(H,13,18). The minimum Gasteiger partial charge on any atom is -0.355 e. The monoisotopic (exact) mass is 258 g/mol. The van der Waals surface area contributed by atoms with E-state index >= 15 is 0 Å². The van der Waals surface area contributed by atoms with Crippen LogP contribution in [0, 0.1) is 0 Å². The van der Waals surface area contributed by atoms with Crippen molar-refractivity contribution in [3.8, 4) is 0 Å². The number of carbonyl (C=O) groups excluding carboxylic acids is 2. The number of rotatable bonds is 11. The molecule has 2 N–H and O–H groups in total. The summed E-state index contributed by atoms with van der Waals surface area (Å²) >= 11 is 0. The van der Waals surface area contributed by atoms with Crippen molar-refractivity contribution in [3.63, 3.8) is 0 Å². The van der Waals surface area contributed by atoms with E-state index in [4.69, 9.17) is 0 Å². The molecule has 0 saturated heterocycles. The highest BCUT2D eigenvalue weighted by molar-refractivity contribution is 5.76. The Morgan fingerprint density at radius 2 is 1.78 bits per heavy atom. The minimum absolute atomic E-state index is 0.0107. The van der Waals surface area contributed by atoms with Crippen molar-refractivity contribution in [1.29, 1.82) is 0 Å². The van der Waals surface area contributed by atoms with E-state index in [1.54, 1.807) is 0 Å². The molecule has 6 heteroatoms. The van der Waals surface area contributed by atoms with Crippen molar-refractivity contribution >= 4 is 12.3 Å². The van der Waals surface area contributed by atoms with Gasteiger partial charge in [-0.15, -0.1) is 0 Å². The molecule has 0 unspecified atom stereocenters. The van der Waals surface area contributed by atoms with E-state index in [9.17, 15) is 9.59 Å². The lowest BCUT2D eigenvalue weighted by Gasteiger charge is -2.18. The normalized spacial score (nSPS) is 10.4. The van der Waals surface area contributed by atoms with Crippen LogP contribution in [-0.4, -0.2) is 61.5 Å². The van der Waals surface area contributed by atoms with Gasteiger partial charge < -0.3 is 10.2 Å². The molecule has 0 aromatic rings. The van der Waals surface area contributed by atoms with Gasteiger partial charge in [0, 0.05) is 32.6 Å². The van der Waals surface area contributed by atoms with Gasteiger partial charge in [0.2, 0.25) is 12.3 Å². The Hall–Kier alpha value is -1.14. The molecular weight excluding hydrogens is 232 g/mol. The van der Waals surface area contributed by atoms with Crippen LogP contribution in [0.4, 0.5) is 0 Å². The molecule has 0 spiro atoms. The number of hydrogen-bond donors (Lipinski definition) is 2. The molecule has 0 fully saturated rings. The molecule has 0 rings (SSSR count). The van der Waals surface area contributed by atoms with Crippen LogP contribution in [0.3, 0.4) is 0 Å². The molecule has 0 bridgehead atoms. The molecule has 0 aliphatic heterocycles. The first kappa shape index (κ1) is 16.9. The highest BCUT2D eigenvalue weighted by atomic mass is 16.2. The van der Waals surface area contributed by atoms with E-state index in [1.165, 1.54) is 5.01 Å². The van der Waals surface area contributed by atoms with Crippen molar-refractivity contribution < 1.29 is 9.59 Å². The Morgan fingerprint density at radius 1 is 1.11 bits per heavy atom. The smallest absolute Gasteiger partial charge is 0.223 e. The molecule has 0 aromatic heterocycles. The van der Waals surface area contributed by atoms with Gasteiger partial charge in [0.25, 0.3) is 0 Å². The summed E-state index contributed by atoms with van der Waals surface area (Å²) in [5.74, 6) is 0.0107. The van der Waals surface area contributed by atoms with E-state index in [-0.39, 0.29) is 5.91 Å². The highest BCUT2D eigenvalue weighted by Crippen LogP contribution is 1.85. The van der Waals surface area contributed by atoms with Crippen LogP contribution in [0.5, 0.6) is 0 Å². The Balaban J connectivity index is 3.56. The molecule has 0 aliphatic carbocycles. The number of carbonyl (C=O) groups is 2. The Kier molecular flexibility index (Phi) is 10.3. The summed E-state index contributed by atoms with van der Waals surface area (Å²) in [5.41, 5.74) is 2.87. The van der Waals surface area contributed by atoms with Gasteiger partial charge in [-0.05, 0) is 20.0 Å². The average molecular weight is 258 g/mol. The summed E-state index contributed by atoms with van der Waals surface area (Å²) in [6.45, 7) is 10.7. The Labute approximate surface area is 110 Å². The predicted octanol–water partition coefficient (Wildman–Crippen LogP) is -0.183. The highest BCUT2D eigenvalue weighted by Gasteiger charge is 2.03. The van der Waals surface area contributed by atoms with Gasteiger partial charge >= 0.3 is 0 Å². The van der Waals surface area contributed by atoms with Gasteiger partial charge in [-0.3, -0.25) is 14.6 Å². The molecule has 2 amide bonds. The van der Waals surface area contributed by atoms with E-state index in [0.717, 1.165) is 26.0 Å². The first-order valence-corrected chi connectivity index (χ1v) is 6.62. The first-order chi connectivity index (χ1) is 8.67. The van der Waals surface area contributed by atoms with Crippen molar-refractivity contribution in [2.45, 2.75) is 27.2 Å². The van der Waals surface area contributed by atoms with Crippen LogP contribution in [0.25, 0.3) is 0 Å². The summed E-state index contributed by atoms with van der Waals surface area (Å²) < 4.78 is 0. The maximum Gasteiger partial charge on any atom is 0.223 e. The number of nitrogens with one attached hydrogen (secondary N) is 2. The largest absolute Gasteiger partial charge is 0.355 e. The SMILES string of the molecule is CCN(CC)CCNC(=O)CCNN(C=O)CC. The third kappa shape index (κ3) is 8.03. The summed E-state index contributed by atoms with van der Waals surface area (Å²) in [5, 5.41) is 4.28. The topological polar surface area (TPSA) is 64.7 Å². The second-order valence-electron chi connectivity index (χ2n) is 3.93. The lowest BCUT2D eigenvalue weighted by atomic mass is 10.4. The maximum atomic E-state index is 11.5. The fourth-order valence-electron chi connectivity index (χ4n) is 1.52. The fourth-order valence-corrected chi connectivity index (χ4v) is 1.52. The maximum absolute atomic E-state index is 11.5. The molecule has 0 saturated carbocycles. The van der Waals surface area contributed by atoms with Gasteiger partial charge in [0.1, 0.15) is 0 Å². The van der Waals surface area contributed by atoms with E-state index in [1.807, 2.05) is 6.92 Å².